The van der Waals surface area contributed by atoms with E-state index in [2.05, 4.69) is 15.3 Å². The molecule has 1 aliphatic rings. The third-order valence-electron chi connectivity index (χ3n) is 5.00. The number of hydrogen-bond donors (Lipinski definition) is 2. The van der Waals surface area contributed by atoms with Crippen LogP contribution in [0.3, 0.4) is 0 Å². The largest absolute Gasteiger partial charge is 0.493 e. The number of ether oxygens (including phenoxy) is 2. The van der Waals surface area contributed by atoms with Crippen molar-refractivity contribution in [3.63, 3.8) is 0 Å². The highest BCUT2D eigenvalue weighted by Crippen LogP contribution is 2.38. The molecule has 0 saturated heterocycles. The van der Waals surface area contributed by atoms with Crippen molar-refractivity contribution in [3.05, 3.63) is 81.2 Å². The summed E-state index contributed by atoms with van der Waals surface area (Å²) in [6.07, 6.45) is 0.111. The number of aromatic nitrogens is 2. The molecule has 2 N–H and O–H groups in total. The second-order valence-corrected chi connectivity index (χ2v) is 7.01. The van der Waals surface area contributed by atoms with Crippen molar-refractivity contribution < 1.29 is 18.7 Å². The molecule has 0 fully saturated rings. The number of benzene rings is 2. The lowest BCUT2D eigenvalue weighted by Gasteiger charge is -2.25. The molecule has 1 amide bonds. The Kier molecular flexibility index (Phi) is 5.22. The zero-order valence-corrected chi connectivity index (χ0v) is 16.5. The first kappa shape index (κ1) is 19.6. The Morgan fingerprint density at radius 1 is 1.17 bits per heavy atom. The third-order valence-corrected chi connectivity index (χ3v) is 5.00. The maximum Gasteiger partial charge on any atom is 0.256 e. The average Bonchev–Trinajstić information content (AvgIpc) is 2.72. The molecule has 0 bridgehead atoms. The van der Waals surface area contributed by atoms with Gasteiger partial charge in [-0.05, 0) is 30.7 Å². The molecule has 0 spiro atoms. The monoisotopic (exact) mass is 409 g/mol. The molecule has 4 rings (SSSR count). The highest BCUT2D eigenvalue weighted by Gasteiger charge is 2.31. The summed E-state index contributed by atoms with van der Waals surface area (Å²) in [7, 11) is 1.49. The molecule has 8 heteroatoms. The molecule has 0 aliphatic carbocycles. The predicted molar refractivity (Wildman–Crippen MR) is 108 cm³/mol. The van der Waals surface area contributed by atoms with Crippen LogP contribution < -0.4 is 20.3 Å². The Labute approximate surface area is 171 Å². The standard InChI is InChI=1S/C22H20FN3O4/c1-12-24-21-20(22(28)25-12)15(10-19(27)26-21)13-7-8-17(18(9-13)29-2)30-11-14-5-3-4-6-16(14)23/h3-9,15H,10-11H2,1-2H3,(H2,24,25,26,27,28). The molecular formula is C22H20FN3O4. The van der Waals surface area contributed by atoms with E-state index in [0.29, 0.717) is 28.5 Å². The molecule has 1 aliphatic heterocycles. The van der Waals surface area contributed by atoms with E-state index in [1.807, 2.05) is 0 Å². The molecule has 0 saturated carbocycles. The third kappa shape index (κ3) is 3.76. The first-order chi connectivity index (χ1) is 14.5. The topological polar surface area (TPSA) is 93.3 Å². The van der Waals surface area contributed by atoms with Crippen LogP contribution in [0.4, 0.5) is 10.2 Å². The van der Waals surface area contributed by atoms with Gasteiger partial charge in [-0.25, -0.2) is 9.37 Å². The van der Waals surface area contributed by atoms with E-state index < -0.39 is 5.92 Å². The fourth-order valence-electron chi connectivity index (χ4n) is 3.56. The number of hydrogen-bond acceptors (Lipinski definition) is 5. The normalized spacial score (nSPS) is 15.3. The molecule has 1 aromatic heterocycles. The number of methoxy groups -OCH3 is 1. The summed E-state index contributed by atoms with van der Waals surface area (Å²) < 4.78 is 25.0. The SMILES string of the molecule is COc1cc(C2CC(=O)Nc3nc(C)[nH]c(=O)c32)ccc1OCc1ccccc1F. The van der Waals surface area contributed by atoms with Gasteiger partial charge in [0.05, 0.1) is 12.7 Å². The number of nitrogens with zero attached hydrogens (tertiary/aromatic N) is 1. The van der Waals surface area contributed by atoms with Crippen molar-refractivity contribution in [2.45, 2.75) is 25.9 Å². The molecule has 0 radical (unpaired) electrons. The lowest BCUT2D eigenvalue weighted by Crippen LogP contribution is -2.31. The van der Waals surface area contributed by atoms with Crippen molar-refractivity contribution in [2.75, 3.05) is 12.4 Å². The van der Waals surface area contributed by atoms with Crippen LogP contribution in [0.25, 0.3) is 0 Å². The van der Waals surface area contributed by atoms with E-state index >= 15 is 0 Å². The molecule has 2 aromatic carbocycles. The van der Waals surface area contributed by atoms with E-state index in [1.54, 1.807) is 43.3 Å². The van der Waals surface area contributed by atoms with E-state index in [1.165, 1.54) is 13.2 Å². The summed E-state index contributed by atoms with van der Waals surface area (Å²) in [6.45, 7) is 1.70. The molecule has 2 heterocycles. The number of aryl methyl sites for hydroxylation is 1. The van der Waals surface area contributed by atoms with Gasteiger partial charge in [0.1, 0.15) is 24.1 Å². The zero-order valence-electron chi connectivity index (χ0n) is 16.5. The molecular weight excluding hydrogens is 389 g/mol. The number of nitrogens with one attached hydrogen (secondary N) is 2. The number of carbonyl (C=O) groups excluding carboxylic acids is 1. The summed E-state index contributed by atoms with van der Waals surface area (Å²) in [5, 5.41) is 2.66. The fourth-order valence-corrected chi connectivity index (χ4v) is 3.56. The minimum absolute atomic E-state index is 0.0416. The van der Waals surface area contributed by atoms with Gasteiger partial charge in [-0.3, -0.25) is 9.59 Å². The summed E-state index contributed by atoms with van der Waals surface area (Å²) >= 11 is 0. The summed E-state index contributed by atoms with van der Waals surface area (Å²) in [6, 6.07) is 11.6. The molecule has 154 valence electrons. The smallest absolute Gasteiger partial charge is 0.256 e. The van der Waals surface area contributed by atoms with Crippen molar-refractivity contribution >= 4 is 11.7 Å². The van der Waals surface area contributed by atoms with Gasteiger partial charge in [-0.2, -0.15) is 0 Å². The molecule has 1 atom stereocenters. The van der Waals surface area contributed by atoms with Crippen LogP contribution in [0.1, 0.15) is 34.9 Å². The molecule has 1 unspecified atom stereocenters. The number of anilines is 1. The quantitative estimate of drug-likeness (QED) is 0.675. The Morgan fingerprint density at radius 3 is 2.73 bits per heavy atom. The van der Waals surface area contributed by atoms with Gasteiger partial charge >= 0.3 is 0 Å². The molecule has 7 nitrogen and oxygen atoms in total. The average molecular weight is 409 g/mol. The van der Waals surface area contributed by atoms with Crippen LogP contribution in [0.5, 0.6) is 11.5 Å². The zero-order chi connectivity index (χ0) is 21.3. The molecule has 3 aromatic rings. The van der Waals surface area contributed by atoms with E-state index in [0.717, 1.165) is 5.56 Å². The number of halogens is 1. The number of carbonyl (C=O) groups is 1. The van der Waals surface area contributed by atoms with E-state index in [4.69, 9.17) is 9.47 Å². The van der Waals surface area contributed by atoms with Crippen molar-refractivity contribution in [1.82, 2.24) is 9.97 Å². The number of aromatic amines is 1. The van der Waals surface area contributed by atoms with Crippen LogP contribution in [0.2, 0.25) is 0 Å². The van der Waals surface area contributed by atoms with Gasteiger partial charge in [0.2, 0.25) is 5.91 Å². The number of amides is 1. The van der Waals surface area contributed by atoms with Crippen LogP contribution in [-0.4, -0.2) is 23.0 Å². The highest BCUT2D eigenvalue weighted by molar-refractivity contribution is 5.94. The lowest BCUT2D eigenvalue weighted by atomic mass is 9.86. The number of fused-ring (bicyclic) bond motifs is 1. The minimum Gasteiger partial charge on any atom is -0.493 e. The number of H-pyrrole nitrogens is 1. The second-order valence-electron chi connectivity index (χ2n) is 7.01. The number of rotatable bonds is 5. The Hall–Kier alpha value is -3.68. The maximum absolute atomic E-state index is 13.8. The first-order valence-corrected chi connectivity index (χ1v) is 9.41. The second kappa shape index (κ2) is 7.98. The van der Waals surface area contributed by atoms with Gasteiger partial charge in [-0.15, -0.1) is 0 Å². The Balaban J connectivity index is 1.66. The Morgan fingerprint density at radius 2 is 1.97 bits per heavy atom. The minimum atomic E-state index is -0.472. The van der Waals surface area contributed by atoms with Crippen molar-refractivity contribution in [2.24, 2.45) is 0 Å². The fraction of sp³-hybridized carbons (Fsp3) is 0.227. The van der Waals surface area contributed by atoms with Gasteiger partial charge < -0.3 is 19.8 Å². The van der Waals surface area contributed by atoms with Crippen LogP contribution in [-0.2, 0) is 11.4 Å². The van der Waals surface area contributed by atoms with Gasteiger partial charge in [0.25, 0.3) is 5.56 Å². The van der Waals surface area contributed by atoms with Crippen LogP contribution >= 0.6 is 0 Å². The molecule has 30 heavy (non-hydrogen) atoms. The Bertz CT molecular complexity index is 1180. The van der Waals surface area contributed by atoms with Crippen LogP contribution in [0, 0.1) is 12.7 Å². The summed E-state index contributed by atoms with van der Waals surface area (Å²) in [5.74, 6) is 0.517. The summed E-state index contributed by atoms with van der Waals surface area (Å²) in [5.41, 5.74) is 1.26. The summed E-state index contributed by atoms with van der Waals surface area (Å²) in [4.78, 5) is 31.7. The van der Waals surface area contributed by atoms with Crippen molar-refractivity contribution in [3.8, 4) is 11.5 Å². The van der Waals surface area contributed by atoms with Gasteiger partial charge in [0.15, 0.2) is 11.5 Å². The van der Waals surface area contributed by atoms with Gasteiger partial charge in [0, 0.05) is 17.9 Å². The van der Waals surface area contributed by atoms with E-state index in [9.17, 15) is 14.0 Å². The van der Waals surface area contributed by atoms with Gasteiger partial charge in [-0.1, -0.05) is 24.3 Å². The van der Waals surface area contributed by atoms with Crippen molar-refractivity contribution in [1.29, 1.82) is 0 Å². The first-order valence-electron chi connectivity index (χ1n) is 9.41. The van der Waals surface area contributed by atoms with Crippen LogP contribution in [0.15, 0.2) is 47.3 Å². The lowest BCUT2D eigenvalue weighted by molar-refractivity contribution is -0.116. The van der Waals surface area contributed by atoms with E-state index in [-0.39, 0.29) is 36.1 Å². The maximum atomic E-state index is 13.8. The predicted octanol–water partition coefficient (Wildman–Crippen LogP) is 3.28. The highest BCUT2D eigenvalue weighted by atomic mass is 19.1.